The molecule has 0 bridgehead atoms. The summed E-state index contributed by atoms with van der Waals surface area (Å²) in [5.74, 6) is 6.30. The number of hydrogen-bond donors (Lipinski definition) is 2. The lowest BCUT2D eigenvalue weighted by molar-refractivity contribution is 0.923. The van der Waals surface area contributed by atoms with Crippen molar-refractivity contribution in [3.63, 3.8) is 0 Å². The monoisotopic (exact) mass is 241 g/mol. The molecule has 3 N–H and O–H groups in total. The van der Waals surface area contributed by atoms with Crippen molar-refractivity contribution in [3.8, 4) is 0 Å². The third kappa shape index (κ3) is 1.95. The van der Waals surface area contributed by atoms with E-state index in [0.29, 0.717) is 5.92 Å². The molecule has 0 aliphatic heterocycles. The molecule has 0 amide bonds. The van der Waals surface area contributed by atoms with Gasteiger partial charge in [-0.25, -0.2) is 0 Å². The van der Waals surface area contributed by atoms with Gasteiger partial charge in [-0.2, -0.15) is 0 Å². The van der Waals surface area contributed by atoms with Crippen molar-refractivity contribution in [1.29, 1.82) is 0 Å². The van der Waals surface area contributed by atoms with Crippen molar-refractivity contribution in [2.45, 2.75) is 38.5 Å². The third-order valence-electron chi connectivity index (χ3n) is 3.61. The van der Waals surface area contributed by atoms with Crippen LogP contribution in [-0.2, 0) is 6.42 Å². The molecule has 1 aliphatic carbocycles. The Morgan fingerprint density at radius 3 is 2.89 bits per heavy atom. The summed E-state index contributed by atoms with van der Waals surface area (Å²) in [5.41, 5.74) is 7.47. The molecule has 0 atom stereocenters. The number of nitrogens with two attached hydrogens (primary N) is 1. The molecule has 0 spiro atoms. The van der Waals surface area contributed by atoms with Crippen LogP contribution in [0.3, 0.4) is 0 Å². The van der Waals surface area contributed by atoms with E-state index in [1.165, 1.54) is 24.1 Å². The van der Waals surface area contributed by atoms with E-state index in [4.69, 9.17) is 10.8 Å². The van der Waals surface area contributed by atoms with E-state index in [1.807, 2.05) is 0 Å². The smallest absolute Gasteiger partial charge is 0.0758 e. The minimum absolute atomic E-state index is 0.649. The topological polar surface area (TPSA) is 50.9 Å². The maximum absolute atomic E-state index is 5.65. The first-order valence-electron chi connectivity index (χ1n) is 6.72. The van der Waals surface area contributed by atoms with E-state index < -0.39 is 0 Å². The number of nitrogens with zero attached hydrogens (tertiary/aromatic N) is 1. The number of pyridine rings is 1. The molecule has 1 saturated carbocycles. The minimum Gasteiger partial charge on any atom is -0.323 e. The van der Waals surface area contributed by atoms with E-state index in [0.717, 1.165) is 29.4 Å². The number of nitrogen functional groups attached to an aromatic ring is 1. The van der Waals surface area contributed by atoms with Gasteiger partial charge in [-0.1, -0.05) is 31.5 Å². The summed E-state index contributed by atoms with van der Waals surface area (Å²) in [7, 11) is 0. The quantitative estimate of drug-likeness (QED) is 0.637. The Morgan fingerprint density at radius 1 is 1.39 bits per heavy atom. The average Bonchev–Trinajstić information content (AvgIpc) is 3.22. The Kier molecular flexibility index (Phi) is 2.92. The molecule has 18 heavy (non-hydrogen) atoms. The molecule has 1 heterocycles. The summed E-state index contributed by atoms with van der Waals surface area (Å²) >= 11 is 0. The van der Waals surface area contributed by atoms with E-state index in [-0.39, 0.29) is 0 Å². The second-order valence-electron chi connectivity index (χ2n) is 5.08. The van der Waals surface area contributed by atoms with Crippen LogP contribution in [0.4, 0.5) is 5.69 Å². The fraction of sp³-hybridized carbons (Fsp3) is 0.400. The first-order chi connectivity index (χ1) is 8.83. The first kappa shape index (κ1) is 11.5. The lowest BCUT2D eigenvalue weighted by atomic mass is 10.0. The van der Waals surface area contributed by atoms with Crippen LogP contribution in [0.25, 0.3) is 10.9 Å². The van der Waals surface area contributed by atoms with Gasteiger partial charge < -0.3 is 5.43 Å². The Morgan fingerprint density at radius 2 is 2.22 bits per heavy atom. The predicted octanol–water partition coefficient (Wildman–Crippen LogP) is 3.35. The first-order valence-corrected chi connectivity index (χ1v) is 6.72. The van der Waals surface area contributed by atoms with Gasteiger partial charge in [-0.15, -0.1) is 0 Å². The number of rotatable bonds is 4. The molecular formula is C15H19N3. The number of nitrogens with one attached hydrogen (secondary N) is 1. The molecule has 3 heteroatoms. The molecule has 0 saturated heterocycles. The molecule has 3 nitrogen and oxygen atoms in total. The highest BCUT2D eigenvalue weighted by Crippen LogP contribution is 2.41. The zero-order chi connectivity index (χ0) is 12.5. The molecule has 0 unspecified atom stereocenters. The number of hydrazine groups is 1. The van der Waals surface area contributed by atoms with Crippen molar-refractivity contribution in [3.05, 3.63) is 35.5 Å². The third-order valence-corrected chi connectivity index (χ3v) is 3.61. The Balaban J connectivity index is 2.21. The molecule has 1 aliphatic rings. The highest BCUT2D eigenvalue weighted by Gasteiger charge is 2.26. The van der Waals surface area contributed by atoms with Crippen molar-refractivity contribution in [2.24, 2.45) is 5.84 Å². The molecular weight excluding hydrogens is 222 g/mol. The standard InChI is InChI=1S/C15H19N3/c1-2-4-11-5-3-6-12-14(18-16)9-13(10-7-8-10)17-15(11)12/h3,5-6,9-10H,2,4,7-8,16H2,1H3,(H,17,18). The van der Waals surface area contributed by atoms with Crippen LogP contribution in [0.2, 0.25) is 0 Å². The zero-order valence-corrected chi connectivity index (χ0v) is 10.7. The van der Waals surface area contributed by atoms with Gasteiger partial charge in [0, 0.05) is 17.0 Å². The van der Waals surface area contributed by atoms with Crippen LogP contribution >= 0.6 is 0 Å². The summed E-state index contributed by atoms with van der Waals surface area (Å²) in [6, 6.07) is 8.46. The highest BCUT2D eigenvalue weighted by atomic mass is 15.2. The van der Waals surface area contributed by atoms with E-state index >= 15 is 0 Å². The second-order valence-corrected chi connectivity index (χ2v) is 5.08. The van der Waals surface area contributed by atoms with Crippen LogP contribution in [-0.4, -0.2) is 4.98 Å². The predicted molar refractivity (Wildman–Crippen MR) is 75.5 cm³/mol. The number of benzene rings is 1. The molecule has 1 aromatic carbocycles. The maximum atomic E-state index is 5.65. The van der Waals surface area contributed by atoms with Crippen LogP contribution in [0.1, 0.15) is 43.4 Å². The molecule has 1 aromatic heterocycles. The van der Waals surface area contributed by atoms with Gasteiger partial charge in [-0.3, -0.25) is 10.8 Å². The number of fused-ring (bicyclic) bond motifs is 1. The van der Waals surface area contributed by atoms with Gasteiger partial charge >= 0.3 is 0 Å². The summed E-state index contributed by atoms with van der Waals surface area (Å²) in [6.07, 6.45) is 4.74. The van der Waals surface area contributed by atoms with Crippen molar-refractivity contribution in [2.75, 3.05) is 5.43 Å². The lowest BCUT2D eigenvalue weighted by Gasteiger charge is -2.11. The van der Waals surface area contributed by atoms with Crippen molar-refractivity contribution < 1.29 is 0 Å². The molecule has 3 rings (SSSR count). The van der Waals surface area contributed by atoms with Crippen LogP contribution < -0.4 is 11.3 Å². The number of anilines is 1. The fourth-order valence-electron chi connectivity index (χ4n) is 2.51. The maximum Gasteiger partial charge on any atom is 0.0758 e. The Bertz CT molecular complexity index is 573. The van der Waals surface area contributed by atoms with Gasteiger partial charge in [0.1, 0.15) is 0 Å². The van der Waals surface area contributed by atoms with Crippen LogP contribution in [0, 0.1) is 0 Å². The van der Waals surface area contributed by atoms with Gasteiger partial charge in [0.2, 0.25) is 0 Å². The fourth-order valence-corrected chi connectivity index (χ4v) is 2.51. The van der Waals surface area contributed by atoms with Crippen molar-refractivity contribution in [1.82, 2.24) is 4.98 Å². The molecule has 2 aromatic rings. The van der Waals surface area contributed by atoms with E-state index in [9.17, 15) is 0 Å². The number of aromatic nitrogens is 1. The summed E-state index contributed by atoms with van der Waals surface area (Å²) in [4.78, 5) is 4.87. The highest BCUT2D eigenvalue weighted by molar-refractivity contribution is 5.93. The zero-order valence-electron chi connectivity index (χ0n) is 10.7. The SMILES string of the molecule is CCCc1cccc2c(NN)cc(C3CC3)nc12. The van der Waals surface area contributed by atoms with Crippen molar-refractivity contribution >= 4 is 16.6 Å². The Labute approximate surface area is 107 Å². The van der Waals surface area contributed by atoms with Gasteiger partial charge in [0.05, 0.1) is 11.2 Å². The number of para-hydroxylation sites is 1. The Hall–Kier alpha value is -1.61. The summed E-state index contributed by atoms with van der Waals surface area (Å²) in [5, 5.41) is 1.13. The van der Waals surface area contributed by atoms with Gasteiger partial charge in [0.25, 0.3) is 0 Å². The van der Waals surface area contributed by atoms with E-state index in [2.05, 4.69) is 36.6 Å². The largest absolute Gasteiger partial charge is 0.323 e. The summed E-state index contributed by atoms with van der Waals surface area (Å²) in [6.45, 7) is 2.20. The van der Waals surface area contributed by atoms with Crippen LogP contribution in [0.5, 0.6) is 0 Å². The number of aryl methyl sites for hydroxylation is 1. The van der Waals surface area contributed by atoms with Gasteiger partial charge in [-0.05, 0) is 30.9 Å². The van der Waals surface area contributed by atoms with Crippen LogP contribution in [0.15, 0.2) is 24.3 Å². The van der Waals surface area contributed by atoms with Gasteiger partial charge in [0.15, 0.2) is 0 Å². The summed E-state index contributed by atoms with van der Waals surface area (Å²) < 4.78 is 0. The molecule has 94 valence electrons. The average molecular weight is 241 g/mol. The van der Waals surface area contributed by atoms with E-state index in [1.54, 1.807) is 0 Å². The normalized spacial score (nSPS) is 15.0. The number of hydrogen-bond acceptors (Lipinski definition) is 3. The lowest BCUT2D eigenvalue weighted by Crippen LogP contribution is -2.08. The minimum atomic E-state index is 0.649. The molecule has 1 fully saturated rings. The molecule has 0 radical (unpaired) electrons. The second kappa shape index (κ2) is 4.58.